The van der Waals surface area contributed by atoms with Crippen LogP contribution < -0.4 is 5.32 Å². The first-order chi connectivity index (χ1) is 16.9. The second-order valence-electron chi connectivity index (χ2n) is 7.85. The lowest BCUT2D eigenvalue weighted by Crippen LogP contribution is -2.47. The molecule has 0 aliphatic carbocycles. The molecule has 35 heavy (non-hydrogen) atoms. The molecule has 0 spiro atoms. The average molecular weight is 568 g/mol. The molecule has 2 unspecified atom stereocenters. The zero-order chi connectivity index (χ0) is 24.9. The molecule has 0 bridgehead atoms. The fourth-order valence-electron chi connectivity index (χ4n) is 3.97. The highest BCUT2D eigenvalue weighted by molar-refractivity contribution is 9.10. The number of morpholine rings is 1. The Bertz CT molecular complexity index is 1160. The first kappa shape index (κ1) is 25.4. The Morgan fingerprint density at radius 2 is 2.26 bits per heavy atom. The van der Waals surface area contributed by atoms with E-state index in [4.69, 9.17) is 19.6 Å². The number of rotatable bonds is 8. The molecule has 4 rings (SSSR count). The van der Waals surface area contributed by atoms with Gasteiger partial charge in [-0.25, -0.2) is 9.18 Å². The van der Waals surface area contributed by atoms with E-state index in [1.165, 1.54) is 23.5 Å². The van der Waals surface area contributed by atoms with Gasteiger partial charge in [0.1, 0.15) is 17.4 Å². The Balaban J connectivity index is 1.75. The van der Waals surface area contributed by atoms with E-state index in [2.05, 4.69) is 31.4 Å². The minimum absolute atomic E-state index is 0.115. The number of aliphatic carboxylic acids is 1. The summed E-state index contributed by atoms with van der Waals surface area (Å²) < 4.78 is 25.3. The molecular weight excluding hydrogens is 545 g/mol. The Morgan fingerprint density at radius 3 is 2.94 bits per heavy atom. The minimum atomic E-state index is -0.939. The van der Waals surface area contributed by atoms with Crippen molar-refractivity contribution < 1.29 is 28.6 Å². The molecule has 186 valence electrons. The van der Waals surface area contributed by atoms with Gasteiger partial charge in [0.15, 0.2) is 10.8 Å². The van der Waals surface area contributed by atoms with Crippen molar-refractivity contribution in [2.45, 2.75) is 25.5 Å². The zero-order valence-electron chi connectivity index (χ0n) is 18.7. The molecule has 2 N–H and O–H groups in total. The molecule has 13 heteroatoms. The predicted octanol–water partition coefficient (Wildman–Crippen LogP) is 2.52. The van der Waals surface area contributed by atoms with Gasteiger partial charge in [0.25, 0.3) is 0 Å². The molecule has 3 heterocycles. The number of amidine groups is 1. The van der Waals surface area contributed by atoms with Crippen LogP contribution in [0.15, 0.2) is 44.4 Å². The fourth-order valence-corrected chi connectivity index (χ4v) is 5.04. The highest BCUT2D eigenvalue weighted by Gasteiger charge is 2.35. The number of aliphatic imine (C=N–C) groups is 1. The molecule has 10 nitrogen and oxygen atoms in total. The predicted molar refractivity (Wildman–Crippen MR) is 129 cm³/mol. The highest BCUT2D eigenvalue weighted by Crippen LogP contribution is 2.37. The third-order valence-electron chi connectivity index (χ3n) is 5.45. The summed E-state index contributed by atoms with van der Waals surface area (Å²) in [6.45, 7) is 3.46. The minimum Gasteiger partial charge on any atom is -0.481 e. The molecule has 2 aliphatic heterocycles. The van der Waals surface area contributed by atoms with E-state index in [0.29, 0.717) is 52.8 Å². The van der Waals surface area contributed by atoms with E-state index in [9.17, 15) is 14.0 Å². The van der Waals surface area contributed by atoms with E-state index >= 15 is 0 Å². The number of carboxylic acids is 1. The molecule has 1 aromatic carbocycles. The van der Waals surface area contributed by atoms with E-state index in [0.717, 1.165) is 0 Å². The van der Waals surface area contributed by atoms with Crippen LogP contribution in [0.3, 0.4) is 0 Å². The van der Waals surface area contributed by atoms with Crippen molar-refractivity contribution in [1.29, 1.82) is 0 Å². The van der Waals surface area contributed by atoms with Gasteiger partial charge in [-0.2, -0.15) is 0 Å². The highest BCUT2D eigenvalue weighted by atomic mass is 79.9. The normalized spacial score (nSPS) is 20.8. The van der Waals surface area contributed by atoms with Crippen LogP contribution in [0.1, 0.15) is 30.0 Å². The van der Waals surface area contributed by atoms with Gasteiger partial charge in [-0.1, -0.05) is 33.3 Å². The third-order valence-corrected chi connectivity index (χ3v) is 6.83. The topological polar surface area (TPSA) is 126 Å². The maximum Gasteiger partial charge on any atom is 0.338 e. The van der Waals surface area contributed by atoms with Crippen molar-refractivity contribution in [1.82, 2.24) is 20.4 Å². The van der Waals surface area contributed by atoms with Crippen LogP contribution in [0.2, 0.25) is 0 Å². The van der Waals surface area contributed by atoms with Crippen LogP contribution in [0, 0.1) is 5.82 Å². The van der Waals surface area contributed by atoms with Gasteiger partial charge in [0, 0.05) is 29.8 Å². The van der Waals surface area contributed by atoms with Crippen LogP contribution >= 0.6 is 27.3 Å². The summed E-state index contributed by atoms with van der Waals surface area (Å²) in [6, 6.07) is 3.40. The van der Waals surface area contributed by atoms with E-state index < -0.39 is 29.9 Å². The maximum absolute atomic E-state index is 13.8. The van der Waals surface area contributed by atoms with Crippen molar-refractivity contribution in [3.8, 4) is 0 Å². The summed E-state index contributed by atoms with van der Waals surface area (Å²) in [4.78, 5) is 31.1. The van der Waals surface area contributed by atoms with Gasteiger partial charge < -0.3 is 19.9 Å². The lowest BCUT2D eigenvalue weighted by atomic mass is 9.95. The Kier molecular flexibility index (Phi) is 8.21. The zero-order valence-corrected chi connectivity index (χ0v) is 21.1. The second kappa shape index (κ2) is 11.3. The molecule has 0 amide bonds. The second-order valence-corrected chi connectivity index (χ2v) is 9.54. The van der Waals surface area contributed by atoms with Crippen molar-refractivity contribution in [2.24, 2.45) is 4.99 Å². The summed E-state index contributed by atoms with van der Waals surface area (Å²) in [5.74, 6) is -1.49. The number of carbonyl (C=O) groups excluding carboxylic acids is 1. The van der Waals surface area contributed by atoms with Crippen molar-refractivity contribution in [3.63, 3.8) is 0 Å². The molecule has 0 saturated carbocycles. The number of carboxylic acid groups (broad SMARTS) is 1. The Morgan fingerprint density at radius 1 is 1.43 bits per heavy atom. The summed E-state index contributed by atoms with van der Waals surface area (Å²) >= 11 is 4.69. The SMILES string of the molecule is CCOC(=O)C1=C(CN2CCOC(CC(=O)O)C2)NC(c2nncs2)=NC1c1ccc(F)cc1Br. The number of benzene rings is 1. The molecule has 1 aromatic heterocycles. The van der Waals surface area contributed by atoms with E-state index in [1.54, 1.807) is 18.5 Å². The summed E-state index contributed by atoms with van der Waals surface area (Å²) in [6.07, 6.45) is -0.578. The number of ether oxygens (including phenoxy) is 2. The molecule has 2 aliphatic rings. The lowest BCUT2D eigenvalue weighted by molar-refractivity contribution is -0.142. The van der Waals surface area contributed by atoms with Crippen molar-refractivity contribution >= 4 is 45.0 Å². The number of nitrogens with one attached hydrogen (secondary N) is 1. The number of hydrogen-bond donors (Lipinski definition) is 2. The summed E-state index contributed by atoms with van der Waals surface area (Å²) in [5.41, 5.74) is 2.99. The molecule has 1 saturated heterocycles. The van der Waals surface area contributed by atoms with Gasteiger partial charge in [0.05, 0.1) is 31.3 Å². The molecule has 0 radical (unpaired) electrons. The Hall–Kier alpha value is -2.74. The number of halogens is 2. The number of aromatic nitrogens is 2. The molecular formula is C22H23BrFN5O5S. The number of carbonyl (C=O) groups is 2. The lowest BCUT2D eigenvalue weighted by Gasteiger charge is -2.35. The van der Waals surface area contributed by atoms with Crippen molar-refractivity contribution in [2.75, 3.05) is 32.8 Å². The van der Waals surface area contributed by atoms with Gasteiger partial charge in [-0.15, -0.1) is 10.2 Å². The maximum atomic E-state index is 13.8. The van der Waals surface area contributed by atoms with Crippen LogP contribution in [-0.2, 0) is 19.1 Å². The van der Waals surface area contributed by atoms with Crippen LogP contribution in [0.4, 0.5) is 4.39 Å². The number of nitrogens with zero attached hydrogens (tertiary/aromatic N) is 4. The fraction of sp³-hybridized carbons (Fsp3) is 0.409. The average Bonchev–Trinajstić information content (AvgIpc) is 3.34. The number of hydrogen-bond acceptors (Lipinski definition) is 10. The molecule has 2 aromatic rings. The monoisotopic (exact) mass is 567 g/mol. The van der Waals surface area contributed by atoms with Gasteiger partial charge in [-0.3, -0.25) is 14.7 Å². The van der Waals surface area contributed by atoms with E-state index in [-0.39, 0.29) is 18.6 Å². The Labute approximate surface area is 213 Å². The molecule has 1 fully saturated rings. The summed E-state index contributed by atoms with van der Waals surface area (Å²) in [7, 11) is 0. The van der Waals surface area contributed by atoms with Gasteiger partial charge >= 0.3 is 11.9 Å². The smallest absolute Gasteiger partial charge is 0.338 e. The van der Waals surface area contributed by atoms with Crippen molar-refractivity contribution in [3.05, 3.63) is 55.8 Å². The first-order valence-electron chi connectivity index (χ1n) is 10.9. The number of esters is 1. The largest absolute Gasteiger partial charge is 0.481 e. The van der Waals surface area contributed by atoms with Crippen LogP contribution in [0.25, 0.3) is 0 Å². The van der Waals surface area contributed by atoms with Crippen LogP contribution in [-0.4, -0.2) is 76.9 Å². The first-order valence-corrected chi connectivity index (χ1v) is 12.5. The standard InChI is InChI=1S/C22H23BrFN5O5S/c1-2-33-22(32)18-16(10-29-5-6-34-13(9-29)8-17(30)31)26-20(21-28-25-11-35-21)27-19(18)14-4-3-12(24)7-15(14)23/h3-4,7,11,13,19H,2,5-6,8-10H2,1H3,(H,26,27)(H,30,31). The van der Waals surface area contributed by atoms with Gasteiger partial charge in [0.2, 0.25) is 0 Å². The molecule has 2 atom stereocenters. The summed E-state index contributed by atoms with van der Waals surface area (Å²) in [5, 5.41) is 20.9. The van der Waals surface area contributed by atoms with E-state index in [1.807, 2.05) is 4.90 Å². The van der Waals surface area contributed by atoms with Gasteiger partial charge in [-0.05, 0) is 24.6 Å². The third kappa shape index (κ3) is 6.10. The quantitative estimate of drug-likeness (QED) is 0.462. The van der Waals surface area contributed by atoms with Crippen LogP contribution in [0.5, 0.6) is 0 Å².